The maximum absolute atomic E-state index is 13.1. The molecule has 0 aliphatic rings. The van der Waals surface area contributed by atoms with Gasteiger partial charge in [0.05, 0.1) is 21.7 Å². The number of nitro benzene ring substituents is 1. The third kappa shape index (κ3) is 3.75. The second-order valence-corrected chi connectivity index (χ2v) is 7.13. The molecule has 1 aromatic heterocycles. The van der Waals surface area contributed by atoms with Crippen molar-refractivity contribution in [3.8, 4) is 11.3 Å². The number of nitrogens with zero attached hydrogens (tertiary/aromatic N) is 2. The van der Waals surface area contributed by atoms with Gasteiger partial charge in [-0.1, -0.05) is 30.3 Å². The predicted molar refractivity (Wildman–Crippen MR) is 118 cm³/mol. The minimum Gasteiger partial charge on any atom is -0.322 e. The molecule has 0 saturated heterocycles. The number of non-ortho nitro benzene ring substituents is 1. The molecule has 3 aromatic carbocycles. The first-order valence-corrected chi connectivity index (χ1v) is 9.45. The van der Waals surface area contributed by atoms with Crippen LogP contribution in [0.2, 0.25) is 0 Å². The number of anilines is 1. The number of rotatable bonds is 4. The SMILES string of the molecule is Cc1ccc(-c2cc(C(=O)Nc3ccc([N+](=O)[O-])cc3)c3ccccc3n2)cc1C. The van der Waals surface area contributed by atoms with Gasteiger partial charge in [0.25, 0.3) is 11.6 Å². The van der Waals surface area contributed by atoms with Gasteiger partial charge in [-0.05, 0) is 55.3 Å². The summed E-state index contributed by atoms with van der Waals surface area (Å²) in [6.45, 7) is 4.10. The van der Waals surface area contributed by atoms with Crippen LogP contribution in [0.4, 0.5) is 11.4 Å². The predicted octanol–water partition coefficient (Wildman–Crippen LogP) is 5.68. The van der Waals surface area contributed by atoms with Gasteiger partial charge in [-0.25, -0.2) is 4.98 Å². The average Bonchev–Trinajstić information content (AvgIpc) is 2.75. The van der Waals surface area contributed by atoms with Crippen LogP contribution in [0, 0.1) is 24.0 Å². The lowest BCUT2D eigenvalue weighted by Crippen LogP contribution is -2.13. The fraction of sp³-hybridized carbons (Fsp3) is 0.0833. The molecule has 148 valence electrons. The first-order chi connectivity index (χ1) is 14.4. The minimum atomic E-state index is -0.474. The zero-order valence-electron chi connectivity index (χ0n) is 16.5. The van der Waals surface area contributed by atoms with Crippen LogP contribution in [0.3, 0.4) is 0 Å². The van der Waals surface area contributed by atoms with Crippen molar-refractivity contribution in [2.45, 2.75) is 13.8 Å². The number of nitro groups is 1. The summed E-state index contributed by atoms with van der Waals surface area (Å²) < 4.78 is 0. The number of carbonyl (C=O) groups excluding carboxylic acids is 1. The summed E-state index contributed by atoms with van der Waals surface area (Å²) in [5, 5.41) is 14.4. The molecular formula is C24H19N3O3. The van der Waals surface area contributed by atoms with E-state index < -0.39 is 4.92 Å². The van der Waals surface area contributed by atoms with Gasteiger partial charge in [0.15, 0.2) is 0 Å². The molecule has 0 unspecified atom stereocenters. The number of hydrogen-bond donors (Lipinski definition) is 1. The van der Waals surface area contributed by atoms with E-state index in [-0.39, 0.29) is 11.6 Å². The van der Waals surface area contributed by atoms with Crippen LogP contribution in [-0.2, 0) is 0 Å². The summed E-state index contributed by atoms with van der Waals surface area (Å²) in [6.07, 6.45) is 0. The molecule has 0 atom stereocenters. The van der Waals surface area contributed by atoms with Crippen LogP contribution >= 0.6 is 0 Å². The Morgan fingerprint density at radius 2 is 1.67 bits per heavy atom. The number of nitrogens with one attached hydrogen (secondary N) is 1. The number of carbonyl (C=O) groups is 1. The van der Waals surface area contributed by atoms with Gasteiger partial charge in [-0.15, -0.1) is 0 Å². The summed E-state index contributed by atoms with van der Waals surface area (Å²) in [7, 11) is 0. The third-order valence-corrected chi connectivity index (χ3v) is 5.10. The number of benzene rings is 3. The summed E-state index contributed by atoms with van der Waals surface area (Å²) in [6, 6.07) is 21.1. The summed E-state index contributed by atoms with van der Waals surface area (Å²) in [5.74, 6) is -0.299. The topological polar surface area (TPSA) is 85.1 Å². The molecule has 6 heteroatoms. The van der Waals surface area contributed by atoms with Crippen LogP contribution in [0.1, 0.15) is 21.5 Å². The molecule has 0 radical (unpaired) electrons. The van der Waals surface area contributed by atoms with Crippen LogP contribution < -0.4 is 5.32 Å². The molecule has 0 bridgehead atoms. The number of para-hydroxylation sites is 1. The Hall–Kier alpha value is -4.06. The van der Waals surface area contributed by atoms with Crippen LogP contribution in [0.25, 0.3) is 22.2 Å². The summed E-state index contributed by atoms with van der Waals surface area (Å²) in [4.78, 5) is 28.2. The highest BCUT2D eigenvalue weighted by Gasteiger charge is 2.15. The van der Waals surface area contributed by atoms with E-state index in [1.165, 1.54) is 29.8 Å². The maximum Gasteiger partial charge on any atom is 0.269 e. The number of fused-ring (bicyclic) bond motifs is 1. The first-order valence-electron chi connectivity index (χ1n) is 9.45. The smallest absolute Gasteiger partial charge is 0.269 e. The molecule has 30 heavy (non-hydrogen) atoms. The number of hydrogen-bond acceptors (Lipinski definition) is 4. The van der Waals surface area contributed by atoms with E-state index in [4.69, 9.17) is 4.98 Å². The Bertz CT molecular complexity index is 1280. The minimum absolute atomic E-state index is 0.0283. The monoisotopic (exact) mass is 397 g/mol. The van der Waals surface area contributed by atoms with Gasteiger partial charge in [0.2, 0.25) is 0 Å². The Kier molecular flexibility index (Phi) is 4.98. The van der Waals surface area contributed by atoms with Crippen molar-refractivity contribution >= 4 is 28.2 Å². The summed E-state index contributed by atoms with van der Waals surface area (Å²) in [5.41, 5.74) is 5.67. The second kappa shape index (κ2) is 7.75. The van der Waals surface area contributed by atoms with Crippen LogP contribution in [0.15, 0.2) is 72.8 Å². The lowest BCUT2D eigenvalue weighted by atomic mass is 10.0. The molecule has 1 amide bonds. The number of amides is 1. The normalized spacial score (nSPS) is 10.7. The van der Waals surface area contributed by atoms with Crippen molar-refractivity contribution in [2.75, 3.05) is 5.32 Å². The van der Waals surface area contributed by atoms with Gasteiger partial charge in [0, 0.05) is 28.8 Å². The number of aromatic nitrogens is 1. The number of pyridine rings is 1. The zero-order valence-corrected chi connectivity index (χ0v) is 16.5. The van der Waals surface area contributed by atoms with Gasteiger partial charge >= 0.3 is 0 Å². The Balaban J connectivity index is 1.75. The Morgan fingerprint density at radius 1 is 0.933 bits per heavy atom. The number of aryl methyl sites for hydroxylation is 2. The van der Waals surface area contributed by atoms with E-state index in [2.05, 4.69) is 18.3 Å². The van der Waals surface area contributed by atoms with Crippen LogP contribution in [0.5, 0.6) is 0 Å². The highest BCUT2D eigenvalue weighted by molar-refractivity contribution is 6.13. The first kappa shape index (κ1) is 19.3. The van der Waals surface area contributed by atoms with Gasteiger partial charge in [-0.3, -0.25) is 14.9 Å². The van der Waals surface area contributed by atoms with Crippen LogP contribution in [-0.4, -0.2) is 15.8 Å². The third-order valence-electron chi connectivity index (χ3n) is 5.10. The molecule has 0 fully saturated rings. The van der Waals surface area contributed by atoms with Gasteiger partial charge < -0.3 is 5.32 Å². The zero-order chi connectivity index (χ0) is 21.3. The Morgan fingerprint density at radius 3 is 2.37 bits per heavy atom. The highest BCUT2D eigenvalue weighted by Crippen LogP contribution is 2.27. The molecular weight excluding hydrogens is 378 g/mol. The molecule has 0 aliphatic heterocycles. The summed E-state index contributed by atoms with van der Waals surface area (Å²) >= 11 is 0. The van der Waals surface area contributed by atoms with Gasteiger partial charge in [0.1, 0.15) is 0 Å². The largest absolute Gasteiger partial charge is 0.322 e. The van der Waals surface area contributed by atoms with Crippen molar-refractivity contribution < 1.29 is 9.72 Å². The van der Waals surface area contributed by atoms with E-state index in [1.807, 2.05) is 43.3 Å². The van der Waals surface area contributed by atoms with Crippen molar-refractivity contribution in [3.05, 3.63) is 99.6 Å². The standard InChI is InChI=1S/C24H19N3O3/c1-15-7-8-17(13-16(15)2)23-14-21(20-5-3-4-6-22(20)26-23)24(28)25-18-9-11-19(12-10-18)27(29)30/h3-14H,1-2H3,(H,25,28). The fourth-order valence-electron chi connectivity index (χ4n) is 3.28. The molecule has 4 rings (SSSR count). The van der Waals surface area contributed by atoms with Crippen molar-refractivity contribution in [1.82, 2.24) is 4.98 Å². The molecule has 0 saturated carbocycles. The van der Waals surface area contributed by atoms with E-state index in [0.717, 1.165) is 22.0 Å². The Labute approximate surface area is 173 Å². The van der Waals surface area contributed by atoms with Crippen molar-refractivity contribution in [3.63, 3.8) is 0 Å². The lowest BCUT2D eigenvalue weighted by molar-refractivity contribution is -0.384. The molecule has 0 aliphatic carbocycles. The second-order valence-electron chi connectivity index (χ2n) is 7.13. The quantitative estimate of drug-likeness (QED) is 0.355. The van der Waals surface area contributed by atoms with Crippen molar-refractivity contribution in [1.29, 1.82) is 0 Å². The maximum atomic E-state index is 13.1. The van der Waals surface area contributed by atoms with Gasteiger partial charge in [-0.2, -0.15) is 0 Å². The fourth-order valence-corrected chi connectivity index (χ4v) is 3.28. The van der Waals surface area contributed by atoms with E-state index in [1.54, 1.807) is 6.07 Å². The molecule has 1 heterocycles. The average molecular weight is 397 g/mol. The van der Waals surface area contributed by atoms with E-state index >= 15 is 0 Å². The lowest BCUT2D eigenvalue weighted by Gasteiger charge is -2.11. The molecule has 6 nitrogen and oxygen atoms in total. The molecule has 1 N–H and O–H groups in total. The van der Waals surface area contributed by atoms with E-state index in [0.29, 0.717) is 16.9 Å². The highest BCUT2D eigenvalue weighted by atomic mass is 16.6. The molecule has 4 aromatic rings. The van der Waals surface area contributed by atoms with E-state index in [9.17, 15) is 14.9 Å². The molecule has 0 spiro atoms. The van der Waals surface area contributed by atoms with Crippen molar-refractivity contribution in [2.24, 2.45) is 0 Å².